The van der Waals surface area contributed by atoms with Crippen LogP contribution in [-0.2, 0) is 4.79 Å². The number of amides is 1. The molecule has 0 spiro atoms. The SMILES string of the molecule is CC(=O)N1N=C(c2ccccc2O)C[C@H]1c1ccc(Cl)cc1. The first-order valence-electron chi connectivity index (χ1n) is 6.97. The second-order valence-electron chi connectivity index (χ2n) is 5.20. The minimum Gasteiger partial charge on any atom is -0.507 e. The van der Waals surface area contributed by atoms with Crippen molar-refractivity contribution in [3.8, 4) is 5.75 Å². The predicted molar refractivity (Wildman–Crippen MR) is 86.0 cm³/mol. The molecule has 1 aliphatic rings. The number of halogens is 1. The number of rotatable bonds is 2. The summed E-state index contributed by atoms with van der Waals surface area (Å²) in [6.07, 6.45) is 0.554. The summed E-state index contributed by atoms with van der Waals surface area (Å²) in [4.78, 5) is 11.9. The molecule has 112 valence electrons. The van der Waals surface area contributed by atoms with Gasteiger partial charge < -0.3 is 5.11 Å². The standard InChI is InChI=1S/C17H15ClN2O2/c1-11(21)20-16(12-6-8-13(18)9-7-12)10-15(19-20)14-4-2-3-5-17(14)22/h2-9,16,22H,10H2,1H3/t16-/m0/s1. The summed E-state index contributed by atoms with van der Waals surface area (Å²) in [6, 6.07) is 14.2. The van der Waals surface area contributed by atoms with Gasteiger partial charge in [-0.3, -0.25) is 4.79 Å². The van der Waals surface area contributed by atoms with Crippen LogP contribution in [0.3, 0.4) is 0 Å². The van der Waals surface area contributed by atoms with Gasteiger partial charge in [-0.1, -0.05) is 35.9 Å². The lowest BCUT2D eigenvalue weighted by Gasteiger charge is -2.20. The number of carbonyl (C=O) groups is 1. The fraction of sp³-hybridized carbons (Fsp3) is 0.176. The molecule has 1 amide bonds. The van der Waals surface area contributed by atoms with Gasteiger partial charge in [0.1, 0.15) is 5.75 Å². The molecule has 0 fully saturated rings. The van der Waals surface area contributed by atoms with Crippen molar-refractivity contribution in [2.75, 3.05) is 0 Å². The first-order valence-corrected chi connectivity index (χ1v) is 7.35. The van der Waals surface area contributed by atoms with Gasteiger partial charge in [-0.05, 0) is 29.8 Å². The zero-order valence-electron chi connectivity index (χ0n) is 12.0. The maximum Gasteiger partial charge on any atom is 0.240 e. The van der Waals surface area contributed by atoms with E-state index in [1.807, 2.05) is 18.2 Å². The summed E-state index contributed by atoms with van der Waals surface area (Å²) in [7, 11) is 0. The van der Waals surface area contributed by atoms with Crippen molar-refractivity contribution in [1.29, 1.82) is 0 Å². The van der Waals surface area contributed by atoms with Crippen LogP contribution in [0.1, 0.15) is 30.5 Å². The fourth-order valence-electron chi connectivity index (χ4n) is 2.63. The van der Waals surface area contributed by atoms with Crippen LogP contribution in [0.5, 0.6) is 5.75 Å². The Kier molecular flexibility index (Phi) is 3.86. The highest BCUT2D eigenvalue weighted by Gasteiger charge is 2.32. The third-order valence-corrected chi connectivity index (χ3v) is 3.95. The van der Waals surface area contributed by atoms with Crippen molar-refractivity contribution in [3.05, 3.63) is 64.7 Å². The Morgan fingerprint density at radius 3 is 2.55 bits per heavy atom. The molecule has 0 aromatic heterocycles. The van der Waals surface area contributed by atoms with E-state index >= 15 is 0 Å². The Morgan fingerprint density at radius 2 is 1.91 bits per heavy atom. The van der Waals surface area contributed by atoms with Gasteiger partial charge >= 0.3 is 0 Å². The molecule has 2 aromatic rings. The van der Waals surface area contributed by atoms with E-state index < -0.39 is 0 Å². The van der Waals surface area contributed by atoms with E-state index in [4.69, 9.17) is 11.6 Å². The molecule has 5 heteroatoms. The molecular weight excluding hydrogens is 300 g/mol. The van der Waals surface area contributed by atoms with Crippen molar-refractivity contribution in [3.63, 3.8) is 0 Å². The Labute approximate surface area is 133 Å². The molecule has 2 aromatic carbocycles. The molecule has 22 heavy (non-hydrogen) atoms. The molecule has 0 saturated carbocycles. The zero-order chi connectivity index (χ0) is 15.7. The average molecular weight is 315 g/mol. The molecule has 0 unspecified atom stereocenters. The minimum atomic E-state index is -0.177. The monoisotopic (exact) mass is 314 g/mol. The normalized spacial score (nSPS) is 17.5. The number of aromatic hydroxyl groups is 1. The molecule has 0 saturated heterocycles. The largest absolute Gasteiger partial charge is 0.507 e. The number of para-hydroxylation sites is 1. The molecule has 0 radical (unpaired) electrons. The first kappa shape index (κ1) is 14.6. The molecule has 0 bridgehead atoms. The summed E-state index contributed by atoms with van der Waals surface area (Å²) < 4.78 is 0. The highest BCUT2D eigenvalue weighted by Crippen LogP contribution is 2.34. The predicted octanol–water partition coefficient (Wildman–Crippen LogP) is 3.74. The van der Waals surface area contributed by atoms with Crippen molar-refractivity contribution in [2.24, 2.45) is 5.10 Å². The van der Waals surface area contributed by atoms with Gasteiger partial charge in [0.15, 0.2) is 0 Å². The summed E-state index contributed by atoms with van der Waals surface area (Å²) in [5, 5.41) is 16.5. The number of hydrogen-bond acceptors (Lipinski definition) is 3. The smallest absolute Gasteiger partial charge is 0.240 e. The number of phenols is 1. The number of hydrogen-bond donors (Lipinski definition) is 1. The van der Waals surface area contributed by atoms with Crippen LogP contribution in [-0.4, -0.2) is 21.7 Å². The van der Waals surface area contributed by atoms with Gasteiger partial charge in [0.05, 0.1) is 11.8 Å². The second kappa shape index (κ2) is 5.81. The zero-order valence-corrected chi connectivity index (χ0v) is 12.8. The van der Waals surface area contributed by atoms with E-state index in [-0.39, 0.29) is 17.7 Å². The Bertz CT molecular complexity index is 741. The number of nitrogens with zero attached hydrogens (tertiary/aromatic N) is 2. The highest BCUT2D eigenvalue weighted by atomic mass is 35.5. The van der Waals surface area contributed by atoms with E-state index in [0.717, 1.165) is 5.56 Å². The Hall–Kier alpha value is -2.33. The quantitative estimate of drug-likeness (QED) is 0.918. The molecule has 3 rings (SSSR count). The first-order chi connectivity index (χ1) is 10.6. The summed E-state index contributed by atoms with van der Waals surface area (Å²) in [5.74, 6) is 0.0341. The average Bonchev–Trinajstić information content (AvgIpc) is 2.93. The van der Waals surface area contributed by atoms with E-state index in [1.54, 1.807) is 30.3 Å². The van der Waals surface area contributed by atoms with E-state index in [0.29, 0.717) is 22.7 Å². The van der Waals surface area contributed by atoms with Crippen molar-refractivity contribution < 1.29 is 9.90 Å². The second-order valence-corrected chi connectivity index (χ2v) is 5.64. The third kappa shape index (κ3) is 2.70. The van der Waals surface area contributed by atoms with Crippen LogP contribution < -0.4 is 0 Å². The van der Waals surface area contributed by atoms with E-state index in [1.165, 1.54) is 11.9 Å². The molecule has 1 heterocycles. The van der Waals surface area contributed by atoms with Gasteiger partial charge in [-0.15, -0.1) is 0 Å². The maximum absolute atomic E-state index is 11.9. The molecule has 1 atom stereocenters. The summed E-state index contributed by atoms with van der Waals surface area (Å²) in [5.41, 5.74) is 2.33. The molecule has 1 aliphatic heterocycles. The van der Waals surface area contributed by atoms with E-state index in [9.17, 15) is 9.90 Å². The maximum atomic E-state index is 11.9. The van der Waals surface area contributed by atoms with Crippen molar-refractivity contribution >= 4 is 23.2 Å². The minimum absolute atomic E-state index is 0.134. The Balaban J connectivity index is 1.96. The van der Waals surface area contributed by atoms with Gasteiger partial charge in [-0.25, -0.2) is 5.01 Å². The van der Waals surface area contributed by atoms with Gasteiger partial charge in [0.2, 0.25) is 5.91 Å². The van der Waals surface area contributed by atoms with Crippen LogP contribution in [0.4, 0.5) is 0 Å². The number of carbonyl (C=O) groups excluding carboxylic acids is 1. The topological polar surface area (TPSA) is 52.9 Å². The lowest BCUT2D eigenvalue weighted by molar-refractivity contribution is -0.130. The number of hydrazone groups is 1. The van der Waals surface area contributed by atoms with Crippen LogP contribution >= 0.6 is 11.6 Å². The lowest BCUT2D eigenvalue weighted by Crippen LogP contribution is -2.24. The third-order valence-electron chi connectivity index (χ3n) is 3.70. The van der Waals surface area contributed by atoms with Gasteiger partial charge in [0, 0.05) is 23.9 Å². The van der Waals surface area contributed by atoms with Crippen LogP contribution in [0.15, 0.2) is 53.6 Å². The van der Waals surface area contributed by atoms with E-state index in [2.05, 4.69) is 5.10 Å². The number of benzene rings is 2. The van der Waals surface area contributed by atoms with Crippen LogP contribution in [0.2, 0.25) is 5.02 Å². The summed E-state index contributed by atoms with van der Waals surface area (Å²) in [6.45, 7) is 1.49. The van der Waals surface area contributed by atoms with Crippen molar-refractivity contribution in [1.82, 2.24) is 5.01 Å². The fourth-order valence-corrected chi connectivity index (χ4v) is 2.75. The highest BCUT2D eigenvalue weighted by molar-refractivity contribution is 6.30. The number of phenolic OH excluding ortho intramolecular Hbond substituents is 1. The Morgan fingerprint density at radius 1 is 1.23 bits per heavy atom. The molecule has 0 aliphatic carbocycles. The molecule has 4 nitrogen and oxygen atoms in total. The lowest BCUT2D eigenvalue weighted by atomic mass is 9.98. The van der Waals surface area contributed by atoms with Crippen LogP contribution in [0, 0.1) is 0 Å². The molecular formula is C17H15ClN2O2. The van der Waals surface area contributed by atoms with Crippen LogP contribution in [0.25, 0.3) is 0 Å². The van der Waals surface area contributed by atoms with Gasteiger partial charge in [-0.2, -0.15) is 5.10 Å². The van der Waals surface area contributed by atoms with Gasteiger partial charge in [0.25, 0.3) is 0 Å². The molecule has 1 N–H and O–H groups in total. The van der Waals surface area contributed by atoms with Crippen molar-refractivity contribution in [2.45, 2.75) is 19.4 Å². The summed E-state index contributed by atoms with van der Waals surface area (Å²) >= 11 is 5.92.